The summed E-state index contributed by atoms with van der Waals surface area (Å²) in [6.07, 6.45) is -3.79. The minimum absolute atomic E-state index is 0.0539. The van der Waals surface area contributed by atoms with E-state index >= 15 is 0 Å². The van der Waals surface area contributed by atoms with Gasteiger partial charge in [-0.25, -0.2) is 17.8 Å². The Hall–Kier alpha value is -2.01. The quantitative estimate of drug-likeness (QED) is 0.815. The SMILES string of the molecule is Cc1nc([C@H]2CCCN(S(=O)(=O)c3ccc(F)c(C(F)(F)F)c3)C2)n[nH]1. The molecule has 0 saturated carbocycles. The fraction of sp³-hybridized carbons (Fsp3) is 0.467. The van der Waals surface area contributed by atoms with Crippen molar-refractivity contribution in [2.24, 2.45) is 0 Å². The number of aromatic amines is 1. The number of nitrogens with one attached hydrogen (secondary N) is 1. The molecule has 0 aliphatic carbocycles. The summed E-state index contributed by atoms with van der Waals surface area (Å²) >= 11 is 0. The molecule has 1 atom stereocenters. The topological polar surface area (TPSA) is 79.0 Å². The van der Waals surface area contributed by atoms with Crippen molar-refractivity contribution < 1.29 is 26.0 Å². The van der Waals surface area contributed by atoms with Crippen molar-refractivity contribution in [3.63, 3.8) is 0 Å². The minimum Gasteiger partial charge on any atom is -0.263 e. The molecule has 1 aliphatic heterocycles. The number of sulfonamides is 1. The van der Waals surface area contributed by atoms with Gasteiger partial charge in [0.15, 0.2) is 5.82 Å². The van der Waals surface area contributed by atoms with Crippen LogP contribution in [-0.2, 0) is 16.2 Å². The molecule has 0 radical (unpaired) electrons. The molecule has 1 aromatic carbocycles. The zero-order valence-corrected chi connectivity index (χ0v) is 14.5. The third kappa shape index (κ3) is 3.58. The van der Waals surface area contributed by atoms with E-state index in [1.54, 1.807) is 6.92 Å². The second-order valence-electron chi connectivity index (χ2n) is 6.12. The first-order chi connectivity index (χ1) is 12.1. The van der Waals surface area contributed by atoms with E-state index in [2.05, 4.69) is 15.2 Å². The Balaban J connectivity index is 1.90. The molecule has 6 nitrogen and oxygen atoms in total. The Morgan fingerprint density at radius 1 is 1.31 bits per heavy atom. The first-order valence-electron chi connectivity index (χ1n) is 7.85. The van der Waals surface area contributed by atoms with Gasteiger partial charge >= 0.3 is 6.18 Å². The van der Waals surface area contributed by atoms with E-state index in [1.165, 1.54) is 0 Å². The molecule has 1 saturated heterocycles. The number of alkyl halides is 3. The number of hydrogen-bond donors (Lipinski definition) is 1. The second kappa shape index (κ2) is 6.62. The molecule has 11 heteroatoms. The van der Waals surface area contributed by atoms with Crippen molar-refractivity contribution in [2.45, 2.75) is 36.8 Å². The summed E-state index contributed by atoms with van der Waals surface area (Å²) in [4.78, 5) is 3.61. The lowest BCUT2D eigenvalue weighted by Gasteiger charge is -2.30. The van der Waals surface area contributed by atoms with Crippen LogP contribution in [0, 0.1) is 12.7 Å². The predicted molar refractivity (Wildman–Crippen MR) is 83.3 cm³/mol. The number of halogens is 4. The summed E-state index contributed by atoms with van der Waals surface area (Å²) in [7, 11) is -4.19. The van der Waals surface area contributed by atoms with Crippen LogP contribution in [0.3, 0.4) is 0 Å². The monoisotopic (exact) mass is 392 g/mol. The number of H-pyrrole nitrogens is 1. The van der Waals surface area contributed by atoms with E-state index in [1.807, 2.05) is 0 Å². The first-order valence-corrected chi connectivity index (χ1v) is 9.29. The third-order valence-corrected chi connectivity index (χ3v) is 6.11. The Morgan fingerprint density at radius 3 is 2.65 bits per heavy atom. The molecule has 1 aromatic heterocycles. The van der Waals surface area contributed by atoms with Gasteiger partial charge < -0.3 is 0 Å². The molecule has 26 heavy (non-hydrogen) atoms. The van der Waals surface area contributed by atoms with E-state index in [0.717, 1.165) is 10.4 Å². The highest BCUT2D eigenvalue weighted by molar-refractivity contribution is 7.89. The van der Waals surface area contributed by atoms with Crippen LogP contribution in [0.1, 0.15) is 36.0 Å². The van der Waals surface area contributed by atoms with E-state index in [-0.39, 0.29) is 19.0 Å². The molecule has 2 heterocycles. The lowest BCUT2D eigenvalue weighted by molar-refractivity contribution is -0.140. The maximum Gasteiger partial charge on any atom is 0.419 e. The van der Waals surface area contributed by atoms with Crippen LogP contribution in [0.5, 0.6) is 0 Å². The molecule has 1 fully saturated rings. The van der Waals surface area contributed by atoms with Crippen LogP contribution in [0.2, 0.25) is 0 Å². The zero-order chi connectivity index (χ0) is 19.1. The molecule has 0 spiro atoms. The van der Waals surface area contributed by atoms with Gasteiger partial charge in [0.2, 0.25) is 10.0 Å². The molecule has 3 rings (SSSR count). The summed E-state index contributed by atoms with van der Waals surface area (Å²) in [5.41, 5.74) is -1.60. The van der Waals surface area contributed by atoms with Gasteiger partial charge in [0.05, 0.1) is 10.5 Å². The summed E-state index contributed by atoms with van der Waals surface area (Å²) in [6.45, 7) is 1.93. The Morgan fingerprint density at radius 2 is 2.04 bits per heavy atom. The molecular formula is C15H16F4N4O2S. The maximum absolute atomic E-state index is 13.4. The van der Waals surface area contributed by atoms with Crippen molar-refractivity contribution in [1.29, 1.82) is 0 Å². The van der Waals surface area contributed by atoms with Crippen LogP contribution < -0.4 is 0 Å². The smallest absolute Gasteiger partial charge is 0.263 e. The van der Waals surface area contributed by atoms with Crippen molar-refractivity contribution in [3.8, 4) is 0 Å². The lowest BCUT2D eigenvalue weighted by Crippen LogP contribution is -2.39. The normalized spacial score (nSPS) is 19.7. The van der Waals surface area contributed by atoms with Crippen LogP contribution in [0.25, 0.3) is 0 Å². The largest absolute Gasteiger partial charge is 0.419 e. The fourth-order valence-corrected chi connectivity index (χ4v) is 4.50. The lowest BCUT2D eigenvalue weighted by atomic mass is 9.99. The van der Waals surface area contributed by atoms with Gasteiger partial charge in [-0.3, -0.25) is 5.10 Å². The summed E-state index contributed by atoms with van der Waals surface area (Å²) in [5.74, 6) is -0.707. The highest BCUT2D eigenvalue weighted by Gasteiger charge is 2.37. The van der Waals surface area contributed by atoms with Crippen molar-refractivity contribution in [1.82, 2.24) is 19.5 Å². The number of hydrogen-bond acceptors (Lipinski definition) is 4. The van der Waals surface area contributed by atoms with Gasteiger partial charge in [-0.15, -0.1) is 0 Å². The fourth-order valence-electron chi connectivity index (χ4n) is 2.95. The maximum atomic E-state index is 13.4. The second-order valence-corrected chi connectivity index (χ2v) is 8.06. The molecule has 0 bridgehead atoms. The zero-order valence-electron chi connectivity index (χ0n) is 13.7. The predicted octanol–water partition coefficient (Wildman–Crippen LogP) is 2.84. The number of aryl methyl sites for hydroxylation is 1. The number of benzene rings is 1. The van der Waals surface area contributed by atoms with Crippen LogP contribution in [-0.4, -0.2) is 41.0 Å². The average molecular weight is 392 g/mol. The molecule has 1 N–H and O–H groups in total. The van der Waals surface area contributed by atoms with Gasteiger partial charge in [0.1, 0.15) is 11.6 Å². The van der Waals surface area contributed by atoms with E-state index in [4.69, 9.17) is 0 Å². The Bertz CT molecular complexity index is 911. The molecule has 2 aromatic rings. The van der Waals surface area contributed by atoms with Crippen LogP contribution >= 0.6 is 0 Å². The summed E-state index contributed by atoms with van der Waals surface area (Å²) in [6, 6.07) is 1.71. The van der Waals surface area contributed by atoms with E-state index in [0.29, 0.717) is 36.6 Å². The minimum atomic E-state index is -4.98. The number of nitrogens with zero attached hydrogens (tertiary/aromatic N) is 3. The Labute approximate surface area is 147 Å². The Kier molecular flexibility index (Phi) is 4.78. The highest BCUT2D eigenvalue weighted by Crippen LogP contribution is 2.34. The molecule has 142 valence electrons. The molecule has 0 amide bonds. The van der Waals surface area contributed by atoms with Crippen molar-refractivity contribution in [3.05, 3.63) is 41.2 Å². The first kappa shape index (κ1) is 18.8. The van der Waals surface area contributed by atoms with Crippen LogP contribution in [0.4, 0.5) is 17.6 Å². The van der Waals surface area contributed by atoms with Gasteiger partial charge in [-0.2, -0.15) is 22.6 Å². The number of piperidine rings is 1. The standard InChI is InChI=1S/C15H16F4N4O2S/c1-9-20-14(22-21-9)10-3-2-6-23(8-10)26(24,25)11-4-5-13(16)12(7-11)15(17,18)19/h4-5,7,10H,2-3,6,8H2,1H3,(H,20,21,22)/t10-/m0/s1. The van der Waals surface area contributed by atoms with Crippen molar-refractivity contribution >= 4 is 10.0 Å². The average Bonchev–Trinajstić information content (AvgIpc) is 3.00. The van der Waals surface area contributed by atoms with Gasteiger partial charge in [0.25, 0.3) is 0 Å². The molecule has 1 aliphatic rings. The van der Waals surface area contributed by atoms with Gasteiger partial charge in [-0.05, 0) is 38.0 Å². The number of rotatable bonds is 3. The van der Waals surface area contributed by atoms with E-state index < -0.39 is 32.5 Å². The molecular weight excluding hydrogens is 376 g/mol. The summed E-state index contributed by atoms with van der Waals surface area (Å²) in [5, 5.41) is 6.72. The van der Waals surface area contributed by atoms with Gasteiger partial charge in [0, 0.05) is 19.0 Å². The summed E-state index contributed by atoms with van der Waals surface area (Å²) < 4.78 is 78.7. The van der Waals surface area contributed by atoms with Crippen molar-refractivity contribution in [2.75, 3.05) is 13.1 Å². The van der Waals surface area contributed by atoms with E-state index in [9.17, 15) is 26.0 Å². The molecule has 0 unspecified atom stereocenters. The van der Waals surface area contributed by atoms with Crippen LogP contribution in [0.15, 0.2) is 23.1 Å². The van der Waals surface area contributed by atoms with Gasteiger partial charge in [-0.1, -0.05) is 0 Å². The number of aromatic nitrogens is 3. The highest BCUT2D eigenvalue weighted by atomic mass is 32.2. The third-order valence-electron chi connectivity index (χ3n) is 4.24.